The zero-order valence-corrected chi connectivity index (χ0v) is 15.1. The first-order chi connectivity index (χ1) is 12.9. The van der Waals surface area contributed by atoms with E-state index in [4.69, 9.17) is 9.84 Å². The van der Waals surface area contributed by atoms with E-state index in [9.17, 15) is 19.2 Å². The minimum atomic E-state index is -1.00. The van der Waals surface area contributed by atoms with Crippen molar-refractivity contribution >= 4 is 35.1 Å². The third-order valence-corrected chi connectivity index (χ3v) is 3.05. The summed E-state index contributed by atoms with van der Waals surface area (Å²) in [7, 11) is 0. The van der Waals surface area contributed by atoms with E-state index in [1.807, 2.05) is 5.43 Å². The van der Waals surface area contributed by atoms with Gasteiger partial charge in [0.15, 0.2) is 0 Å². The van der Waals surface area contributed by atoms with E-state index < -0.39 is 17.8 Å². The molecule has 0 saturated heterocycles. The van der Waals surface area contributed by atoms with E-state index in [-0.39, 0.29) is 37.8 Å². The lowest BCUT2D eigenvalue weighted by molar-refractivity contribution is -0.139. The first-order valence-electron chi connectivity index (χ1n) is 8.16. The lowest BCUT2D eigenvalue weighted by Crippen LogP contribution is -2.39. The average Bonchev–Trinajstić information content (AvgIpc) is 2.64. The number of nitrogens with zero attached hydrogens (tertiary/aromatic N) is 1. The molecule has 0 heterocycles. The standard InChI is InChI=1S/C17H22N4O6/c1-3-27-17(26)12-4-6-13(7-5-12)19-14(23)10-11(2)20-21-16(25)15(24)18-8-9-22/h4-7,22H,3,8-10H2,1-2H3,(H,18,24)(H,19,23)(H,21,25)/b20-11-. The maximum Gasteiger partial charge on any atom is 0.338 e. The summed E-state index contributed by atoms with van der Waals surface area (Å²) in [5.41, 5.74) is 3.14. The highest BCUT2D eigenvalue weighted by Crippen LogP contribution is 2.11. The minimum absolute atomic E-state index is 0.0493. The Bertz CT molecular complexity index is 715. The van der Waals surface area contributed by atoms with E-state index in [1.165, 1.54) is 19.1 Å². The van der Waals surface area contributed by atoms with Gasteiger partial charge in [0.1, 0.15) is 0 Å². The van der Waals surface area contributed by atoms with Crippen LogP contribution in [0.5, 0.6) is 0 Å². The molecule has 1 aromatic carbocycles. The van der Waals surface area contributed by atoms with Gasteiger partial charge in [0.25, 0.3) is 0 Å². The average molecular weight is 378 g/mol. The number of ether oxygens (including phenoxy) is 1. The number of benzene rings is 1. The van der Waals surface area contributed by atoms with Crippen molar-refractivity contribution in [3.05, 3.63) is 29.8 Å². The van der Waals surface area contributed by atoms with Crippen LogP contribution in [0.3, 0.4) is 0 Å². The Hall–Kier alpha value is -3.27. The van der Waals surface area contributed by atoms with Gasteiger partial charge in [0, 0.05) is 17.9 Å². The zero-order chi connectivity index (χ0) is 20.2. The van der Waals surface area contributed by atoms with Gasteiger partial charge < -0.3 is 20.5 Å². The van der Waals surface area contributed by atoms with E-state index in [1.54, 1.807) is 19.1 Å². The molecule has 3 amide bonds. The van der Waals surface area contributed by atoms with Gasteiger partial charge in [0.2, 0.25) is 5.91 Å². The van der Waals surface area contributed by atoms with Gasteiger partial charge in [-0.1, -0.05) is 0 Å². The van der Waals surface area contributed by atoms with E-state index in [0.717, 1.165) is 0 Å². The molecule has 0 radical (unpaired) electrons. The fraction of sp³-hybridized carbons (Fsp3) is 0.353. The number of anilines is 1. The van der Waals surface area contributed by atoms with Crippen LogP contribution in [-0.4, -0.2) is 54.3 Å². The zero-order valence-electron chi connectivity index (χ0n) is 15.1. The van der Waals surface area contributed by atoms with Crippen LogP contribution in [0.25, 0.3) is 0 Å². The molecule has 0 aliphatic carbocycles. The molecule has 10 heteroatoms. The molecule has 0 spiro atoms. The molecule has 0 aliphatic heterocycles. The molecule has 0 aliphatic rings. The van der Waals surface area contributed by atoms with Crippen molar-refractivity contribution in [2.24, 2.45) is 5.10 Å². The molecule has 0 atom stereocenters. The maximum absolute atomic E-state index is 12.0. The Morgan fingerprint density at radius 1 is 1.11 bits per heavy atom. The third kappa shape index (κ3) is 8.10. The SMILES string of the molecule is CCOC(=O)c1ccc(NC(=O)C/C(C)=N\NC(=O)C(=O)NCCO)cc1. The number of esters is 1. The molecule has 0 unspecified atom stereocenters. The molecule has 0 saturated carbocycles. The van der Waals surface area contributed by atoms with Gasteiger partial charge in [-0.05, 0) is 38.1 Å². The quantitative estimate of drug-likeness (QED) is 0.213. The van der Waals surface area contributed by atoms with Crippen molar-refractivity contribution in [1.82, 2.24) is 10.7 Å². The number of aliphatic hydroxyl groups is 1. The van der Waals surface area contributed by atoms with Gasteiger partial charge in [-0.2, -0.15) is 5.10 Å². The second kappa shape index (κ2) is 11.4. The Morgan fingerprint density at radius 3 is 2.37 bits per heavy atom. The number of aliphatic hydroxyl groups excluding tert-OH is 1. The lowest BCUT2D eigenvalue weighted by Gasteiger charge is -2.07. The molecule has 10 nitrogen and oxygen atoms in total. The second-order valence-corrected chi connectivity index (χ2v) is 5.29. The molecule has 146 valence electrons. The van der Waals surface area contributed by atoms with E-state index in [0.29, 0.717) is 11.3 Å². The van der Waals surface area contributed by atoms with Crippen molar-refractivity contribution in [2.45, 2.75) is 20.3 Å². The topological polar surface area (TPSA) is 146 Å². The predicted octanol–water partition coefficient (Wildman–Crippen LogP) is -0.207. The van der Waals surface area contributed by atoms with Crippen molar-refractivity contribution in [3.8, 4) is 0 Å². The Labute approximate surface area is 156 Å². The summed E-state index contributed by atoms with van der Waals surface area (Å²) in [6.45, 7) is 3.15. The van der Waals surface area contributed by atoms with Crippen LogP contribution in [0.2, 0.25) is 0 Å². The monoisotopic (exact) mass is 378 g/mol. The molecular weight excluding hydrogens is 356 g/mol. The van der Waals surface area contributed by atoms with Crippen LogP contribution in [0.4, 0.5) is 5.69 Å². The molecule has 0 bridgehead atoms. The molecule has 0 aromatic heterocycles. The Kier molecular flexibility index (Phi) is 9.16. The summed E-state index contributed by atoms with van der Waals surface area (Å²) in [5.74, 6) is -2.78. The predicted molar refractivity (Wildman–Crippen MR) is 97.0 cm³/mol. The first-order valence-corrected chi connectivity index (χ1v) is 8.16. The summed E-state index contributed by atoms with van der Waals surface area (Å²) in [6.07, 6.45) is -0.113. The summed E-state index contributed by atoms with van der Waals surface area (Å²) < 4.78 is 4.87. The fourth-order valence-electron chi connectivity index (χ4n) is 1.83. The molecule has 0 fully saturated rings. The number of hydrogen-bond donors (Lipinski definition) is 4. The number of amides is 3. The Balaban J connectivity index is 2.50. The van der Waals surface area contributed by atoms with E-state index >= 15 is 0 Å². The van der Waals surface area contributed by atoms with Crippen molar-refractivity contribution in [2.75, 3.05) is 25.1 Å². The normalized spacial score (nSPS) is 10.7. The number of rotatable bonds is 8. The van der Waals surface area contributed by atoms with Gasteiger partial charge in [-0.3, -0.25) is 14.4 Å². The van der Waals surface area contributed by atoms with Gasteiger partial charge in [0.05, 0.1) is 25.2 Å². The number of hydrazone groups is 1. The van der Waals surface area contributed by atoms with Gasteiger partial charge in [-0.25, -0.2) is 10.2 Å². The van der Waals surface area contributed by atoms with Crippen molar-refractivity contribution < 1.29 is 29.0 Å². The molecular formula is C17H22N4O6. The molecule has 4 N–H and O–H groups in total. The number of hydrogen-bond acceptors (Lipinski definition) is 7. The Morgan fingerprint density at radius 2 is 1.78 bits per heavy atom. The number of carbonyl (C=O) groups excluding carboxylic acids is 4. The highest BCUT2D eigenvalue weighted by Gasteiger charge is 2.12. The van der Waals surface area contributed by atoms with Crippen LogP contribution in [0.1, 0.15) is 30.6 Å². The molecule has 1 aromatic rings. The summed E-state index contributed by atoms with van der Waals surface area (Å²) >= 11 is 0. The second-order valence-electron chi connectivity index (χ2n) is 5.29. The van der Waals surface area contributed by atoms with Crippen LogP contribution in [0.15, 0.2) is 29.4 Å². The fourth-order valence-corrected chi connectivity index (χ4v) is 1.83. The lowest BCUT2D eigenvalue weighted by atomic mass is 10.2. The van der Waals surface area contributed by atoms with Crippen LogP contribution >= 0.6 is 0 Å². The highest BCUT2D eigenvalue weighted by atomic mass is 16.5. The van der Waals surface area contributed by atoms with Crippen LogP contribution in [0, 0.1) is 0 Å². The summed E-state index contributed by atoms with van der Waals surface area (Å²) in [4.78, 5) is 46.2. The minimum Gasteiger partial charge on any atom is -0.462 e. The van der Waals surface area contributed by atoms with E-state index in [2.05, 4.69) is 15.7 Å². The van der Waals surface area contributed by atoms with Crippen molar-refractivity contribution in [1.29, 1.82) is 0 Å². The summed E-state index contributed by atoms with van der Waals surface area (Å²) in [6, 6.07) is 6.17. The molecule has 1 rings (SSSR count). The largest absolute Gasteiger partial charge is 0.462 e. The highest BCUT2D eigenvalue weighted by molar-refractivity contribution is 6.35. The number of nitrogens with one attached hydrogen (secondary N) is 3. The smallest absolute Gasteiger partial charge is 0.338 e. The third-order valence-electron chi connectivity index (χ3n) is 3.05. The number of carbonyl (C=O) groups is 4. The molecule has 27 heavy (non-hydrogen) atoms. The van der Waals surface area contributed by atoms with Crippen LogP contribution < -0.4 is 16.1 Å². The van der Waals surface area contributed by atoms with Gasteiger partial charge in [-0.15, -0.1) is 0 Å². The van der Waals surface area contributed by atoms with Gasteiger partial charge >= 0.3 is 17.8 Å². The first kappa shape index (κ1) is 21.8. The summed E-state index contributed by atoms with van der Waals surface area (Å²) in [5, 5.41) is 17.0. The maximum atomic E-state index is 12.0. The van der Waals surface area contributed by atoms with Crippen molar-refractivity contribution in [3.63, 3.8) is 0 Å². The van der Waals surface area contributed by atoms with Crippen LogP contribution in [-0.2, 0) is 19.1 Å².